The van der Waals surface area contributed by atoms with E-state index in [0.717, 1.165) is 16.7 Å². The average molecular weight is 186 g/mol. The van der Waals surface area contributed by atoms with Crippen molar-refractivity contribution in [1.29, 1.82) is 5.26 Å². The number of rotatable bonds is 2. The van der Waals surface area contributed by atoms with Crippen LogP contribution in [0.4, 0.5) is 0 Å². The molecular weight excluding hydrogens is 176 g/mol. The fourth-order valence-electron chi connectivity index (χ4n) is 1.28. The zero-order valence-corrected chi connectivity index (χ0v) is 8.16. The van der Waals surface area contributed by atoms with Crippen molar-refractivity contribution >= 4 is 6.08 Å². The number of benzene rings is 1. The van der Waals surface area contributed by atoms with Crippen LogP contribution in [0.25, 0.3) is 0 Å². The lowest BCUT2D eigenvalue weighted by Gasteiger charge is -2.06. The van der Waals surface area contributed by atoms with Gasteiger partial charge in [0.15, 0.2) is 0 Å². The van der Waals surface area contributed by atoms with Crippen molar-refractivity contribution in [3.8, 4) is 6.07 Å². The molecule has 3 heteroatoms. The normalized spacial score (nSPS) is 8.93. The summed E-state index contributed by atoms with van der Waals surface area (Å²) < 4.78 is 0. The second-order valence-electron chi connectivity index (χ2n) is 3.10. The molecule has 1 aromatic carbocycles. The molecule has 0 heterocycles. The number of hydrogen-bond donors (Lipinski definition) is 0. The highest BCUT2D eigenvalue weighted by Gasteiger charge is 2.03. The number of hydrogen-bond acceptors (Lipinski definition) is 3. The molecule has 0 unspecified atom stereocenters. The highest BCUT2D eigenvalue weighted by molar-refractivity contribution is 5.43. The molecular formula is C11H10N2O. The second kappa shape index (κ2) is 4.36. The van der Waals surface area contributed by atoms with E-state index >= 15 is 0 Å². The van der Waals surface area contributed by atoms with Crippen molar-refractivity contribution in [3.63, 3.8) is 0 Å². The molecule has 0 N–H and O–H groups in total. The second-order valence-corrected chi connectivity index (χ2v) is 3.10. The lowest BCUT2D eigenvalue weighted by molar-refractivity contribution is 0.562. The number of nitrogens with zero attached hydrogens (tertiary/aromatic N) is 2. The van der Waals surface area contributed by atoms with E-state index in [2.05, 4.69) is 11.1 Å². The summed E-state index contributed by atoms with van der Waals surface area (Å²) in [5.41, 5.74) is 3.62. The van der Waals surface area contributed by atoms with E-state index < -0.39 is 0 Å². The van der Waals surface area contributed by atoms with Crippen LogP contribution >= 0.6 is 0 Å². The fourth-order valence-corrected chi connectivity index (χ4v) is 1.28. The summed E-state index contributed by atoms with van der Waals surface area (Å²) in [6.45, 7) is 4.18. The highest BCUT2D eigenvalue weighted by Crippen LogP contribution is 2.16. The van der Waals surface area contributed by atoms with E-state index in [1.54, 1.807) is 6.07 Å². The molecule has 0 aliphatic carbocycles. The van der Waals surface area contributed by atoms with Crippen molar-refractivity contribution < 1.29 is 4.79 Å². The minimum absolute atomic E-state index is 0.297. The van der Waals surface area contributed by atoms with E-state index in [1.807, 2.05) is 19.9 Å². The molecule has 0 bridgehead atoms. The van der Waals surface area contributed by atoms with Crippen LogP contribution < -0.4 is 0 Å². The van der Waals surface area contributed by atoms with Gasteiger partial charge in [0.1, 0.15) is 0 Å². The Balaban J connectivity index is 3.21. The Hall–Kier alpha value is -1.91. The first-order valence-electron chi connectivity index (χ1n) is 4.23. The van der Waals surface area contributed by atoms with Crippen LogP contribution in [0.1, 0.15) is 22.3 Å². The molecule has 0 amide bonds. The first-order chi connectivity index (χ1) is 6.69. The molecule has 0 radical (unpaired) electrons. The van der Waals surface area contributed by atoms with E-state index in [1.165, 1.54) is 6.08 Å². The Labute approximate surface area is 82.7 Å². The molecule has 0 atom stereocenters. The summed E-state index contributed by atoms with van der Waals surface area (Å²) in [6, 6.07) is 5.65. The molecule has 0 aliphatic rings. The lowest BCUT2D eigenvalue weighted by Crippen LogP contribution is -1.92. The molecule has 1 aromatic rings. The number of aliphatic imine (C=N–C) groups is 1. The zero-order valence-electron chi connectivity index (χ0n) is 8.16. The molecule has 0 fully saturated rings. The monoisotopic (exact) mass is 186 g/mol. The van der Waals surface area contributed by atoms with Crippen LogP contribution in [0.15, 0.2) is 17.1 Å². The van der Waals surface area contributed by atoms with Crippen LogP contribution in [0.3, 0.4) is 0 Å². The predicted octanol–water partition coefficient (Wildman–Crippen LogP) is 2.01. The Kier molecular flexibility index (Phi) is 3.17. The van der Waals surface area contributed by atoms with Crippen LogP contribution in [0.2, 0.25) is 0 Å². The van der Waals surface area contributed by atoms with E-state index in [0.29, 0.717) is 12.1 Å². The van der Waals surface area contributed by atoms with Gasteiger partial charge in [-0.3, -0.25) is 0 Å². The molecule has 0 aromatic heterocycles. The molecule has 1 rings (SSSR count). The van der Waals surface area contributed by atoms with Crippen LogP contribution in [-0.2, 0) is 11.3 Å². The first kappa shape index (κ1) is 10.2. The highest BCUT2D eigenvalue weighted by atomic mass is 16.1. The largest absolute Gasteiger partial charge is 0.235 e. The fraction of sp³-hybridized carbons (Fsp3) is 0.273. The van der Waals surface area contributed by atoms with Crippen molar-refractivity contribution in [3.05, 3.63) is 34.4 Å². The van der Waals surface area contributed by atoms with Crippen LogP contribution in [-0.4, -0.2) is 6.08 Å². The first-order valence-corrected chi connectivity index (χ1v) is 4.23. The van der Waals surface area contributed by atoms with Crippen molar-refractivity contribution in [2.24, 2.45) is 4.99 Å². The number of carbonyl (C=O) groups excluding carboxylic acids is 1. The van der Waals surface area contributed by atoms with Gasteiger partial charge in [0.25, 0.3) is 0 Å². The Bertz CT molecular complexity index is 437. The minimum Gasteiger partial charge on any atom is -0.211 e. The van der Waals surface area contributed by atoms with Gasteiger partial charge in [-0.1, -0.05) is 0 Å². The number of nitriles is 1. The van der Waals surface area contributed by atoms with Gasteiger partial charge in [-0.25, -0.2) is 9.79 Å². The van der Waals surface area contributed by atoms with Gasteiger partial charge in [-0.05, 0) is 42.7 Å². The third-order valence-electron chi connectivity index (χ3n) is 2.22. The van der Waals surface area contributed by atoms with E-state index in [9.17, 15) is 4.79 Å². The van der Waals surface area contributed by atoms with Crippen molar-refractivity contribution in [2.75, 3.05) is 0 Å². The SMILES string of the molecule is Cc1cc(C#N)cc(CN=C=O)c1C. The smallest absolute Gasteiger partial charge is 0.211 e. The van der Waals surface area contributed by atoms with E-state index in [4.69, 9.17) is 5.26 Å². The molecule has 14 heavy (non-hydrogen) atoms. The van der Waals surface area contributed by atoms with E-state index in [-0.39, 0.29) is 0 Å². The Morgan fingerprint density at radius 1 is 1.43 bits per heavy atom. The van der Waals surface area contributed by atoms with Gasteiger partial charge in [-0.15, -0.1) is 0 Å². The number of aryl methyl sites for hydroxylation is 1. The number of isocyanates is 1. The molecule has 0 saturated heterocycles. The lowest BCUT2D eigenvalue weighted by atomic mass is 10.0. The maximum Gasteiger partial charge on any atom is 0.235 e. The third kappa shape index (κ3) is 2.07. The molecule has 0 aliphatic heterocycles. The van der Waals surface area contributed by atoms with Crippen molar-refractivity contribution in [1.82, 2.24) is 0 Å². The standard InChI is InChI=1S/C11H10N2O/c1-8-3-10(5-12)4-11(9(8)2)6-13-7-14/h3-4H,6H2,1-2H3. The molecule has 0 spiro atoms. The van der Waals surface area contributed by atoms with Gasteiger partial charge < -0.3 is 0 Å². The van der Waals surface area contributed by atoms with Gasteiger partial charge >= 0.3 is 0 Å². The summed E-state index contributed by atoms with van der Waals surface area (Å²) in [6.07, 6.45) is 1.49. The summed E-state index contributed by atoms with van der Waals surface area (Å²) in [5.74, 6) is 0. The minimum atomic E-state index is 0.297. The maximum atomic E-state index is 9.97. The average Bonchev–Trinajstić information content (AvgIpc) is 2.20. The van der Waals surface area contributed by atoms with Gasteiger partial charge in [-0.2, -0.15) is 5.26 Å². The topological polar surface area (TPSA) is 53.2 Å². The van der Waals surface area contributed by atoms with Gasteiger partial charge in [0, 0.05) is 0 Å². The molecule has 70 valence electrons. The maximum absolute atomic E-state index is 9.97. The predicted molar refractivity (Wildman–Crippen MR) is 52.5 cm³/mol. The van der Waals surface area contributed by atoms with Gasteiger partial charge in [0.2, 0.25) is 6.08 Å². The van der Waals surface area contributed by atoms with Crippen LogP contribution in [0, 0.1) is 25.2 Å². The Morgan fingerprint density at radius 2 is 2.14 bits per heavy atom. The Morgan fingerprint density at radius 3 is 2.71 bits per heavy atom. The quantitative estimate of drug-likeness (QED) is 0.524. The summed E-state index contributed by atoms with van der Waals surface area (Å²) >= 11 is 0. The van der Waals surface area contributed by atoms with Crippen molar-refractivity contribution in [2.45, 2.75) is 20.4 Å². The molecule has 0 saturated carbocycles. The summed E-state index contributed by atoms with van der Waals surface area (Å²) in [7, 11) is 0. The molecule has 3 nitrogen and oxygen atoms in total. The van der Waals surface area contributed by atoms with Gasteiger partial charge in [0.05, 0.1) is 18.2 Å². The van der Waals surface area contributed by atoms with Crippen LogP contribution in [0.5, 0.6) is 0 Å². The summed E-state index contributed by atoms with van der Waals surface area (Å²) in [4.78, 5) is 13.5. The zero-order chi connectivity index (χ0) is 10.6. The summed E-state index contributed by atoms with van der Waals surface area (Å²) in [5, 5.41) is 8.74. The third-order valence-corrected chi connectivity index (χ3v) is 2.22.